The van der Waals surface area contributed by atoms with Gasteiger partial charge in [0, 0.05) is 11.6 Å². The lowest BCUT2D eigenvalue weighted by Crippen LogP contribution is -1.96. The van der Waals surface area contributed by atoms with Crippen LogP contribution in [0.2, 0.25) is 0 Å². The summed E-state index contributed by atoms with van der Waals surface area (Å²) in [6.45, 7) is -0.0255. The molecule has 0 aliphatic rings. The normalized spacial score (nSPS) is 10.4. The molecule has 0 radical (unpaired) electrons. The number of aliphatic hydroxyl groups is 1. The summed E-state index contributed by atoms with van der Waals surface area (Å²) in [6, 6.07) is 8.92. The maximum atomic E-state index is 9.72. The quantitative estimate of drug-likeness (QED) is 0.632. The average Bonchev–Trinajstić information content (AvgIpc) is 2.41. The molecule has 0 amide bonds. The van der Waals surface area contributed by atoms with Crippen LogP contribution in [0.1, 0.15) is 11.1 Å². The Balaban J connectivity index is 2.07. The fourth-order valence-corrected chi connectivity index (χ4v) is 1.58. The van der Waals surface area contributed by atoms with E-state index in [1.165, 1.54) is 24.3 Å². The van der Waals surface area contributed by atoms with Crippen LogP contribution in [-0.4, -0.2) is 20.4 Å². The molecule has 2 rings (SSSR count). The van der Waals surface area contributed by atoms with Gasteiger partial charge in [-0.15, -0.1) is 0 Å². The van der Waals surface area contributed by atoms with Crippen molar-refractivity contribution in [3.05, 3.63) is 47.5 Å². The molecule has 0 spiro atoms. The third-order valence-electron chi connectivity index (χ3n) is 2.67. The Hall–Kier alpha value is -2.40. The number of aromatic hydroxyl groups is 3. The summed E-state index contributed by atoms with van der Waals surface area (Å²) in [7, 11) is 0. The zero-order valence-electron chi connectivity index (χ0n) is 10.1. The zero-order valence-corrected chi connectivity index (χ0v) is 10.1. The molecule has 4 N–H and O–H groups in total. The van der Waals surface area contributed by atoms with Crippen LogP contribution < -0.4 is 4.74 Å². The number of hydrogen-bond acceptors (Lipinski definition) is 5. The van der Waals surface area contributed by atoms with E-state index < -0.39 is 0 Å². The van der Waals surface area contributed by atoms with E-state index in [0.717, 1.165) is 0 Å². The number of aliphatic hydroxyl groups excluding tert-OH is 1. The van der Waals surface area contributed by atoms with E-state index in [4.69, 9.17) is 14.9 Å². The van der Waals surface area contributed by atoms with Gasteiger partial charge in [-0.25, -0.2) is 0 Å². The molecule has 0 aliphatic carbocycles. The summed E-state index contributed by atoms with van der Waals surface area (Å²) < 4.78 is 5.39. The first-order valence-electron chi connectivity index (χ1n) is 5.66. The van der Waals surface area contributed by atoms with Gasteiger partial charge < -0.3 is 25.2 Å². The molecule has 0 saturated carbocycles. The molecule has 0 aliphatic heterocycles. The monoisotopic (exact) mass is 262 g/mol. The predicted octanol–water partition coefficient (Wildman–Crippen LogP) is 1.87. The highest BCUT2D eigenvalue weighted by molar-refractivity contribution is 5.43. The minimum absolute atomic E-state index is 0.0366. The molecule has 0 atom stereocenters. The topological polar surface area (TPSA) is 90.2 Å². The van der Waals surface area contributed by atoms with Gasteiger partial charge in [0.15, 0.2) is 11.5 Å². The van der Waals surface area contributed by atoms with Gasteiger partial charge in [-0.3, -0.25) is 0 Å². The second kappa shape index (κ2) is 5.49. The summed E-state index contributed by atoms with van der Waals surface area (Å²) in [5.41, 5.74) is 1.17. The van der Waals surface area contributed by atoms with Gasteiger partial charge in [-0.1, -0.05) is 12.1 Å². The first-order chi connectivity index (χ1) is 9.10. The van der Waals surface area contributed by atoms with Crippen LogP contribution in [0.3, 0.4) is 0 Å². The van der Waals surface area contributed by atoms with Crippen molar-refractivity contribution in [3.63, 3.8) is 0 Å². The summed E-state index contributed by atoms with van der Waals surface area (Å²) >= 11 is 0. The van der Waals surface area contributed by atoms with E-state index in [0.29, 0.717) is 16.9 Å². The van der Waals surface area contributed by atoms with Crippen molar-refractivity contribution in [2.75, 3.05) is 0 Å². The molecule has 0 bridgehead atoms. The van der Waals surface area contributed by atoms with Crippen molar-refractivity contribution in [3.8, 4) is 23.0 Å². The van der Waals surface area contributed by atoms with Gasteiger partial charge in [0.1, 0.15) is 18.1 Å². The van der Waals surface area contributed by atoms with Gasteiger partial charge in [0.25, 0.3) is 0 Å². The van der Waals surface area contributed by atoms with E-state index in [-0.39, 0.29) is 30.5 Å². The minimum Gasteiger partial charge on any atom is -0.508 e. The minimum atomic E-state index is -0.266. The number of phenolic OH excluding ortho intramolecular Hbond substituents is 3. The second-order valence-electron chi connectivity index (χ2n) is 4.06. The van der Waals surface area contributed by atoms with Crippen molar-refractivity contribution < 1.29 is 25.2 Å². The largest absolute Gasteiger partial charge is 0.508 e. The number of ether oxygens (including phenoxy) is 1. The van der Waals surface area contributed by atoms with Crippen LogP contribution in [0, 0.1) is 0 Å². The standard InChI is InChI=1S/C14H14O5/c15-7-9-1-2-10(13(17)5-9)8-19-11-3-4-12(16)14(18)6-11/h1-6,15-18H,7-8H2. The molecule has 0 fully saturated rings. The number of phenols is 3. The van der Waals surface area contributed by atoms with Crippen molar-refractivity contribution in [1.29, 1.82) is 0 Å². The molecule has 2 aromatic rings. The number of rotatable bonds is 4. The van der Waals surface area contributed by atoms with Gasteiger partial charge in [-0.05, 0) is 23.8 Å². The van der Waals surface area contributed by atoms with E-state index >= 15 is 0 Å². The molecule has 0 saturated heterocycles. The smallest absolute Gasteiger partial charge is 0.161 e. The summed E-state index contributed by atoms with van der Waals surface area (Å²) in [6.07, 6.45) is 0. The molecule has 0 unspecified atom stereocenters. The highest BCUT2D eigenvalue weighted by Crippen LogP contribution is 2.29. The van der Waals surface area contributed by atoms with E-state index in [2.05, 4.69) is 0 Å². The fourth-order valence-electron chi connectivity index (χ4n) is 1.58. The van der Waals surface area contributed by atoms with Gasteiger partial charge in [0.05, 0.1) is 6.61 Å². The maximum absolute atomic E-state index is 9.72. The Morgan fingerprint density at radius 1 is 0.842 bits per heavy atom. The van der Waals surface area contributed by atoms with Crippen molar-refractivity contribution in [2.24, 2.45) is 0 Å². The molecule has 5 nitrogen and oxygen atoms in total. The van der Waals surface area contributed by atoms with Gasteiger partial charge in [-0.2, -0.15) is 0 Å². The molecule has 5 heteroatoms. The first-order valence-corrected chi connectivity index (χ1v) is 5.66. The Labute approximate surface area is 110 Å². The van der Waals surface area contributed by atoms with Crippen LogP contribution in [-0.2, 0) is 13.2 Å². The highest BCUT2D eigenvalue weighted by Gasteiger charge is 2.05. The lowest BCUT2D eigenvalue weighted by Gasteiger charge is -2.09. The van der Waals surface area contributed by atoms with Crippen LogP contribution in [0.5, 0.6) is 23.0 Å². The second-order valence-corrected chi connectivity index (χ2v) is 4.06. The third-order valence-corrected chi connectivity index (χ3v) is 2.67. The molecule has 0 aromatic heterocycles. The highest BCUT2D eigenvalue weighted by atomic mass is 16.5. The van der Waals surface area contributed by atoms with Crippen LogP contribution in [0.25, 0.3) is 0 Å². The molecule has 100 valence electrons. The van der Waals surface area contributed by atoms with Gasteiger partial charge in [0.2, 0.25) is 0 Å². The molecule has 19 heavy (non-hydrogen) atoms. The summed E-state index contributed by atoms with van der Waals surface area (Å²) in [5, 5.41) is 37.1. The predicted molar refractivity (Wildman–Crippen MR) is 68.1 cm³/mol. The van der Waals surface area contributed by atoms with E-state index in [9.17, 15) is 10.2 Å². The average molecular weight is 262 g/mol. The van der Waals surface area contributed by atoms with Crippen LogP contribution in [0.4, 0.5) is 0 Å². The number of hydrogen-bond donors (Lipinski definition) is 4. The molecule has 0 heterocycles. The maximum Gasteiger partial charge on any atom is 0.161 e. The molecular weight excluding hydrogens is 248 g/mol. The Bertz CT molecular complexity index is 580. The van der Waals surface area contributed by atoms with Crippen molar-refractivity contribution >= 4 is 0 Å². The summed E-state index contributed by atoms with van der Waals surface area (Å²) in [4.78, 5) is 0. The van der Waals surface area contributed by atoms with Crippen molar-refractivity contribution in [1.82, 2.24) is 0 Å². The van der Waals surface area contributed by atoms with Crippen LogP contribution in [0.15, 0.2) is 36.4 Å². The zero-order chi connectivity index (χ0) is 13.8. The van der Waals surface area contributed by atoms with Crippen LogP contribution >= 0.6 is 0 Å². The van der Waals surface area contributed by atoms with Crippen molar-refractivity contribution in [2.45, 2.75) is 13.2 Å². The van der Waals surface area contributed by atoms with E-state index in [1.54, 1.807) is 12.1 Å². The lowest BCUT2D eigenvalue weighted by molar-refractivity contribution is 0.279. The Morgan fingerprint density at radius 3 is 2.26 bits per heavy atom. The lowest BCUT2D eigenvalue weighted by atomic mass is 10.1. The molecular formula is C14H14O5. The van der Waals surface area contributed by atoms with E-state index in [1.807, 2.05) is 0 Å². The van der Waals surface area contributed by atoms with Gasteiger partial charge >= 0.3 is 0 Å². The summed E-state index contributed by atoms with van der Waals surface area (Å²) in [5.74, 6) is -0.0738. The fraction of sp³-hybridized carbons (Fsp3) is 0.143. The molecule has 2 aromatic carbocycles. The third kappa shape index (κ3) is 3.08. The Morgan fingerprint density at radius 2 is 1.63 bits per heavy atom. The SMILES string of the molecule is OCc1ccc(COc2ccc(O)c(O)c2)c(O)c1. The Kier molecular flexibility index (Phi) is 3.77. The first kappa shape index (κ1) is 13.0. The number of benzene rings is 2.